The van der Waals surface area contributed by atoms with E-state index in [-0.39, 0.29) is 17.4 Å². The fraction of sp³-hybridized carbons (Fsp3) is 0.433. The number of nitrogens with one attached hydrogen (secondary N) is 1. The molecule has 0 saturated carbocycles. The van der Waals surface area contributed by atoms with E-state index in [9.17, 15) is 14.4 Å². The second-order valence-electron chi connectivity index (χ2n) is 11.0. The van der Waals surface area contributed by atoms with Gasteiger partial charge in [0.15, 0.2) is 0 Å². The molecule has 10 heteroatoms. The number of carbonyl (C=O) groups is 2. The van der Waals surface area contributed by atoms with Gasteiger partial charge in [0.2, 0.25) is 17.8 Å². The Kier molecular flexibility index (Phi) is 8.14. The van der Waals surface area contributed by atoms with E-state index in [1.165, 1.54) is 6.08 Å². The van der Waals surface area contributed by atoms with E-state index in [1.54, 1.807) is 27.8 Å². The minimum atomic E-state index is -0.106. The summed E-state index contributed by atoms with van der Waals surface area (Å²) in [6, 6.07) is 11.4. The highest BCUT2D eigenvalue weighted by Crippen LogP contribution is 2.23. The van der Waals surface area contributed by atoms with Gasteiger partial charge >= 0.3 is 0 Å². The molecule has 2 amide bonds. The van der Waals surface area contributed by atoms with E-state index >= 15 is 0 Å². The second-order valence-corrected chi connectivity index (χ2v) is 11.0. The third-order valence-corrected chi connectivity index (χ3v) is 7.63. The van der Waals surface area contributed by atoms with E-state index in [0.717, 1.165) is 49.4 Å². The summed E-state index contributed by atoms with van der Waals surface area (Å²) in [6.45, 7) is 12.7. The van der Waals surface area contributed by atoms with Crippen LogP contribution < -0.4 is 15.8 Å². The first-order valence-corrected chi connectivity index (χ1v) is 14.0. The topological polar surface area (TPSA) is 104 Å². The Morgan fingerprint density at radius 3 is 2.45 bits per heavy atom. The summed E-state index contributed by atoms with van der Waals surface area (Å²) >= 11 is 0. The standard InChI is InChI=1S/C30H37N7O3/c1-4-26(38)36-19-22(20-36)11-12-37-27(39)10-5-23-18-31-30(33-29(23)37)32-24-6-8-25(9-7-24)34-13-15-35(16-14-34)28(40)17-21(2)3/h4-10,18,21-22H,1,11-17,19-20H2,2-3H3,(H,31,32,33). The van der Waals surface area contributed by atoms with Crippen LogP contribution in [0.3, 0.4) is 0 Å². The van der Waals surface area contributed by atoms with E-state index in [4.69, 9.17) is 0 Å². The first-order chi connectivity index (χ1) is 19.3. The number of hydrogen-bond acceptors (Lipinski definition) is 7. The van der Waals surface area contributed by atoms with Crippen LogP contribution in [0.2, 0.25) is 0 Å². The van der Waals surface area contributed by atoms with Gasteiger partial charge < -0.3 is 20.0 Å². The van der Waals surface area contributed by atoms with E-state index in [2.05, 4.69) is 52.7 Å². The number of nitrogens with zero attached hydrogens (tertiary/aromatic N) is 6. The molecule has 10 nitrogen and oxygen atoms in total. The van der Waals surface area contributed by atoms with E-state index in [0.29, 0.717) is 49.5 Å². The number of pyridine rings is 1. The summed E-state index contributed by atoms with van der Waals surface area (Å²) in [5, 5.41) is 4.06. The van der Waals surface area contributed by atoms with Crippen LogP contribution in [0, 0.1) is 11.8 Å². The van der Waals surface area contributed by atoms with Gasteiger partial charge in [-0.3, -0.25) is 19.0 Å². The van der Waals surface area contributed by atoms with Gasteiger partial charge in [-0.2, -0.15) is 4.98 Å². The zero-order chi connectivity index (χ0) is 28.2. The number of fused-ring (bicyclic) bond motifs is 1. The van der Waals surface area contributed by atoms with Crippen LogP contribution >= 0.6 is 0 Å². The first-order valence-electron chi connectivity index (χ1n) is 14.0. The fourth-order valence-electron chi connectivity index (χ4n) is 5.30. The van der Waals surface area contributed by atoms with Crippen molar-refractivity contribution in [3.63, 3.8) is 0 Å². The van der Waals surface area contributed by atoms with Crippen molar-refractivity contribution in [3.8, 4) is 0 Å². The molecule has 0 unspecified atom stereocenters. The molecular formula is C30H37N7O3. The number of benzene rings is 1. The Bertz CT molecular complexity index is 1440. The molecule has 40 heavy (non-hydrogen) atoms. The number of hydrogen-bond donors (Lipinski definition) is 1. The molecule has 0 radical (unpaired) electrons. The van der Waals surface area contributed by atoms with Crippen LogP contribution in [0.4, 0.5) is 17.3 Å². The summed E-state index contributed by atoms with van der Waals surface area (Å²) in [6.07, 6.45) is 4.45. The Balaban J connectivity index is 1.21. The molecule has 3 aromatic rings. The predicted octanol–water partition coefficient (Wildman–Crippen LogP) is 3.26. The highest BCUT2D eigenvalue weighted by molar-refractivity contribution is 5.87. The number of rotatable bonds is 9. The van der Waals surface area contributed by atoms with Crippen molar-refractivity contribution in [1.82, 2.24) is 24.3 Å². The van der Waals surface area contributed by atoms with Crippen LogP contribution in [-0.4, -0.2) is 75.4 Å². The van der Waals surface area contributed by atoms with Gasteiger partial charge in [-0.25, -0.2) is 4.98 Å². The van der Waals surface area contributed by atoms with Crippen LogP contribution in [0.25, 0.3) is 11.0 Å². The zero-order valence-electron chi connectivity index (χ0n) is 23.3. The lowest BCUT2D eigenvalue weighted by molar-refractivity contribution is -0.133. The smallest absolute Gasteiger partial charge is 0.252 e. The highest BCUT2D eigenvalue weighted by Gasteiger charge is 2.29. The largest absolute Gasteiger partial charge is 0.368 e. The predicted molar refractivity (Wildman–Crippen MR) is 157 cm³/mol. The third-order valence-electron chi connectivity index (χ3n) is 7.63. The minimum absolute atomic E-state index is 0.0498. The first kappa shape index (κ1) is 27.4. The van der Waals surface area contributed by atoms with Gasteiger partial charge in [-0.15, -0.1) is 0 Å². The molecule has 1 aromatic carbocycles. The zero-order valence-corrected chi connectivity index (χ0v) is 23.3. The lowest BCUT2D eigenvalue weighted by Gasteiger charge is -2.38. The van der Waals surface area contributed by atoms with Gasteiger partial charge in [0.25, 0.3) is 5.56 Å². The highest BCUT2D eigenvalue weighted by atomic mass is 16.2. The van der Waals surface area contributed by atoms with Gasteiger partial charge in [-0.1, -0.05) is 20.4 Å². The molecule has 2 aromatic heterocycles. The normalized spacial score (nSPS) is 15.8. The van der Waals surface area contributed by atoms with Crippen molar-refractivity contribution in [3.05, 3.63) is 65.6 Å². The lowest BCUT2D eigenvalue weighted by Crippen LogP contribution is -2.49. The number of aromatic nitrogens is 3. The lowest BCUT2D eigenvalue weighted by atomic mass is 9.96. The molecule has 0 bridgehead atoms. The molecule has 1 N–H and O–H groups in total. The van der Waals surface area contributed by atoms with Gasteiger partial charge in [0.05, 0.1) is 0 Å². The minimum Gasteiger partial charge on any atom is -0.368 e. The monoisotopic (exact) mass is 543 g/mol. The summed E-state index contributed by atoms with van der Waals surface area (Å²) in [5.74, 6) is 1.34. The molecular weight excluding hydrogens is 506 g/mol. The number of carbonyl (C=O) groups excluding carboxylic acids is 2. The second kappa shape index (κ2) is 11.9. The van der Waals surface area contributed by atoms with Crippen molar-refractivity contribution in [2.75, 3.05) is 49.5 Å². The Morgan fingerprint density at radius 1 is 1.05 bits per heavy atom. The molecule has 0 aliphatic carbocycles. The summed E-state index contributed by atoms with van der Waals surface area (Å²) < 4.78 is 1.69. The maximum atomic E-state index is 12.7. The quantitative estimate of drug-likeness (QED) is 0.413. The number of likely N-dealkylation sites (tertiary alicyclic amines) is 1. The summed E-state index contributed by atoms with van der Waals surface area (Å²) in [5.41, 5.74) is 2.44. The van der Waals surface area contributed by atoms with E-state index < -0.39 is 0 Å². The van der Waals surface area contributed by atoms with Crippen LogP contribution in [0.5, 0.6) is 0 Å². The van der Waals surface area contributed by atoms with Crippen molar-refractivity contribution < 1.29 is 9.59 Å². The molecule has 2 fully saturated rings. The van der Waals surface area contributed by atoms with Gasteiger partial charge in [-0.05, 0) is 54.7 Å². The van der Waals surface area contributed by atoms with Crippen molar-refractivity contribution in [2.45, 2.75) is 33.2 Å². The molecule has 2 aliphatic heterocycles. The maximum Gasteiger partial charge on any atom is 0.252 e. The van der Waals surface area contributed by atoms with E-state index in [1.807, 2.05) is 17.0 Å². The van der Waals surface area contributed by atoms with Crippen LogP contribution in [-0.2, 0) is 16.1 Å². The third kappa shape index (κ3) is 6.16. The number of amides is 2. The molecule has 2 aliphatic rings. The Hall–Kier alpha value is -4.21. The average molecular weight is 544 g/mol. The molecule has 4 heterocycles. The van der Waals surface area contributed by atoms with Gasteiger partial charge in [0, 0.05) is 81.3 Å². The van der Waals surface area contributed by atoms with Crippen LogP contribution in [0.1, 0.15) is 26.7 Å². The SMILES string of the molecule is C=CC(=O)N1CC(CCn2c(=O)ccc3cnc(Nc4ccc(N5CCN(C(=O)CC(C)C)CC5)cc4)nc32)C1. The Labute approximate surface area is 234 Å². The number of anilines is 3. The number of piperazine rings is 1. The fourth-order valence-corrected chi connectivity index (χ4v) is 5.30. The van der Waals surface area contributed by atoms with Crippen LogP contribution in [0.15, 0.2) is 60.0 Å². The Morgan fingerprint density at radius 2 is 1.77 bits per heavy atom. The maximum absolute atomic E-state index is 12.7. The molecule has 2 saturated heterocycles. The van der Waals surface area contributed by atoms with Crippen molar-refractivity contribution >= 4 is 40.2 Å². The summed E-state index contributed by atoms with van der Waals surface area (Å²) in [4.78, 5) is 51.9. The molecule has 5 rings (SSSR count). The molecule has 0 atom stereocenters. The van der Waals surface area contributed by atoms with Crippen molar-refractivity contribution in [1.29, 1.82) is 0 Å². The molecule has 0 spiro atoms. The summed E-state index contributed by atoms with van der Waals surface area (Å²) in [7, 11) is 0. The molecule has 210 valence electrons. The van der Waals surface area contributed by atoms with Gasteiger partial charge in [0.1, 0.15) is 5.65 Å². The van der Waals surface area contributed by atoms with Crippen molar-refractivity contribution in [2.24, 2.45) is 11.8 Å². The average Bonchev–Trinajstić information content (AvgIpc) is 2.93. The number of aryl methyl sites for hydroxylation is 1.